The Kier molecular flexibility index (Phi) is 5.57. The number of anilines is 1. The fraction of sp³-hybridized carbons (Fsp3) is 0.286. The topological polar surface area (TPSA) is 91.8 Å². The van der Waals surface area contributed by atoms with Crippen LogP contribution in [0.5, 0.6) is 17.2 Å². The maximum Gasteiger partial charge on any atom is 0.200 e. The molecule has 6 heterocycles. The van der Waals surface area contributed by atoms with Crippen LogP contribution < -0.4 is 19.1 Å². The number of para-hydroxylation sites is 2. The van der Waals surface area contributed by atoms with Crippen LogP contribution in [0.2, 0.25) is 0 Å². The Bertz CT molecular complexity index is 1610. The molecule has 4 aromatic heterocycles. The molecule has 1 saturated heterocycles. The van der Waals surface area contributed by atoms with Crippen molar-refractivity contribution >= 4 is 11.3 Å². The number of aromatic nitrogens is 6. The van der Waals surface area contributed by atoms with Crippen molar-refractivity contribution in [3.8, 4) is 40.2 Å². The standard InChI is InChI=1S/C28H27N7O3/c1-36-19-11-12-23-21(15-29-34(23)16-19)28-31-27(22-7-6-10-26(30-22)33-13-4-5-14-33)32-35(28)17-20-18-37-24-8-2-3-9-25(24)38-20/h2-3,6-12,15-16,20H,4-5,13-14,17-18H2,1H3. The predicted octanol–water partition coefficient (Wildman–Crippen LogP) is 4.10. The molecule has 2 aliphatic heterocycles. The molecule has 0 N–H and O–H groups in total. The summed E-state index contributed by atoms with van der Waals surface area (Å²) in [4.78, 5) is 12.2. The van der Waals surface area contributed by atoms with Crippen LogP contribution in [0.15, 0.2) is 67.0 Å². The van der Waals surface area contributed by atoms with Gasteiger partial charge in [0.25, 0.3) is 0 Å². The van der Waals surface area contributed by atoms with Crippen molar-refractivity contribution in [3.63, 3.8) is 0 Å². The highest BCUT2D eigenvalue weighted by Gasteiger charge is 2.26. The van der Waals surface area contributed by atoms with Crippen molar-refractivity contribution in [1.82, 2.24) is 29.4 Å². The number of fused-ring (bicyclic) bond motifs is 2. The Morgan fingerprint density at radius 3 is 2.71 bits per heavy atom. The highest BCUT2D eigenvalue weighted by Crippen LogP contribution is 2.33. The molecule has 10 heteroatoms. The zero-order chi connectivity index (χ0) is 25.5. The first-order chi connectivity index (χ1) is 18.7. The zero-order valence-electron chi connectivity index (χ0n) is 21.0. The monoisotopic (exact) mass is 509 g/mol. The van der Waals surface area contributed by atoms with Crippen LogP contribution in [0.25, 0.3) is 28.4 Å². The van der Waals surface area contributed by atoms with E-state index in [1.165, 1.54) is 12.8 Å². The first kappa shape index (κ1) is 22.6. The van der Waals surface area contributed by atoms with E-state index in [2.05, 4.69) is 16.1 Å². The van der Waals surface area contributed by atoms with Crippen LogP contribution in [-0.4, -0.2) is 62.3 Å². The van der Waals surface area contributed by atoms with E-state index in [0.29, 0.717) is 24.8 Å². The van der Waals surface area contributed by atoms with Crippen LogP contribution in [0.4, 0.5) is 5.82 Å². The molecule has 5 aromatic rings. The van der Waals surface area contributed by atoms with Gasteiger partial charge in [0.05, 0.1) is 37.1 Å². The summed E-state index contributed by atoms with van der Waals surface area (Å²) in [6, 6.07) is 17.6. The van der Waals surface area contributed by atoms with E-state index in [4.69, 9.17) is 29.3 Å². The van der Waals surface area contributed by atoms with Gasteiger partial charge in [-0.25, -0.2) is 19.2 Å². The van der Waals surface area contributed by atoms with Crippen molar-refractivity contribution < 1.29 is 14.2 Å². The third-order valence-corrected chi connectivity index (χ3v) is 6.97. The number of rotatable bonds is 6. The van der Waals surface area contributed by atoms with Gasteiger partial charge in [0, 0.05) is 13.1 Å². The maximum atomic E-state index is 6.25. The van der Waals surface area contributed by atoms with E-state index >= 15 is 0 Å². The summed E-state index contributed by atoms with van der Waals surface area (Å²) in [5.74, 6) is 4.42. The normalized spacial score (nSPS) is 16.8. The Morgan fingerprint density at radius 1 is 0.974 bits per heavy atom. The van der Waals surface area contributed by atoms with E-state index in [-0.39, 0.29) is 6.10 Å². The zero-order valence-corrected chi connectivity index (χ0v) is 21.0. The van der Waals surface area contributed by atoms with E-state index in [9.17, 15) is 0 Å². The lowest BCUT2D eigenvalue weighted by Crippen LogP contribution is -2.33. The molecule has 0 aliphatic carbocycles. The molecule has 1 atom stereocenters. The lowest BCUT2D eigenvalue weighted by atomic mass is 10.2. The quantitative estimate of drug-likeness (QED) is 0.338. The van der Waals surface area contributed by atoms with E-state index < -0.39 is 0 Å². The Hall–Kier alpha value is -4.60. The molecule has 0 saturated carbocycles. The Balaban J connectivity index is 1.28. The van der Waals surface area contributed by atoms with E-state index in [1.807, 2.05) is 59.4 Å². The third kappa shape index (κ3) is 4.07. The van der Waals surface area contributed by atoms with Crippen LogP contribution in [-0.2, 0) is 6.54 Å². The largest absolute Gasteiger partial charge is 0.495 e. The second kappa shape index (κ2) is 9.37. The molecule has 1 fully saturated rings. The molecule has 0 spiro atoms. The van der Waals surface area contributed by atoms with Crippen molar-refractivity contribution in [1.29, 1.82) is 0 Å². The van der Waals surface area contributed by atoms with Gasteiger partial charge < -0.3 is 19.1 Å². The van der Waals surface area contributed by atoms with E-state index in [0.717, 1.165) is 52.9 Å². The molecule has 0 amide bonds. The number of hydrogen-bond acceptors (Lipinski definition) is 8. The number of nitrogens with zero attached hydrogens (tertiary/aromatic N) is 7. The van der Waals surface area contributed by atoms with Crippen LogP contribution in [0.1, 0.15) is 12.8 Å². The minimum atomic E-state index is -0.232. The SMILES string of the molecule is COc1ccc2c(-c3nc(-c4cccc(N5CCCC5)n4)nn3CC3COc4ccccc4O3)cnn2c1. The Labute approximate surface area is 219 Å². The van der Waals surface area contributed by atoms with Gasteiger partial charge in [-0.1, -0.05) is 18.2 Å². The van der Waals surface area contributed by atoms with Gasteiger partial charge in [-0.05, 0) is 49.2 Å². The van der Waals surface area contributed by atoms with Gasteiger partial charge in [-0.15, -0.1) is 5.10 Å². The number of pyridine rings is 2. The summed E-state index contributed by atoms with van der Waals surface area (Å²) in [5, 5.41) is 9.47. The summed E-state index contributed by atoms with van der Waals surface area (Å²) in [7, 11) is 1.64. The first-order valence-corrected chi connectivity index (χ1v) is 12.8. The summed E-state index contributed by atoms with van der Waals surface area (Å²) in [5.41, 5.74) is 2.49. The molecular weight excluding hydrogens is 482 g/mol. The first-order valence-electron chi connectivity index (χ1n) is 12.8. The number of benzene rings is 1. The average molecular weight is 510 g/mol. The second-order valence-electron chi connectivity index (χ2n) is 9.47. The molecule has 7 rings (SSSR count). The molecule has 192 valence electrons. The van der Waals surface area contributed by atoms with Crippen molar-refractivity contribution in [2.45, 2.75) is 25.5 Å². The number of ether oxygens (including phenoxy) is 3. The summed E-state index contributed by atoms with van der Waals surface area (Å²) >= 11 is 0. The van der Waals surface area contributed by atoms with Gasteiger partial charge in [0.1, 0.15) is 23.9 Å². The molecule has 38 heavy (non-hydrogen) atoms. The van der Waals surface area contributed by atoms with Gasteiger partial charge in [-0.2, -0.15) is 5.10 Å². The van der Waals surface area contributed by atoms with Crippen LogP contribution >= 0.6 is 0 Å². The molecular formula is C28H27N7O3. The lowest BCUT2D eigenvalue weighted by molar-refractivity contribution is 0.0762. The van der Waals surface area contributed by atoms with Gasteiger partial charge >= 0.3 is 0 Å². The fourth-order valence-electron chi connectivity index (χ4n) is 5.05. The van der Waals surface area contributed by atoms with Crippen LogP contribution in [0.3, 0.4) is 0 Å². The molecule has 0 bridgehead atoms. The van der Waals surface area contributed by atoms with E-state index in [1.54, 1.807) is 17.8 Å². The maximum absolute atomic E-state index is 6.25. The highest BCUT2D eigenvalue weighted by molar-refractivity contribution is 5.77. The van der Waals surface area contributed by atoms with Crippen LogP contribution in [0, 0.1) is 0 Å². The van der Waals surface area contributed by atoms with Crippen molar-refractivity contribution in [2.75, 3.05) is 31.7 Å². The van der Waals surface area contributed by atoms with Crippen molar-refractivity contribution in [3.05, 3.63) is 67.0 Å². The molecule has 1 unspecified atom stereocenters. The third-order valence-electron chi connectivity index (χ3n) is 6.97. The van der Waals surface area contributed by atoms with Crippen molar-refractivity contribution in [2.24, 2.45) is 0 Å². The summed E-state index contributed by atoms with van der Waals surface area (Å²) < 4.78 is 21.3. The molecule has 0 radical (unpaired) electrons. The Morgan fingerprint density at radius 2 is 1.84 bits per heavy atom. The summed E-state index contributed by atoms with van der Waals surface area (Å²) in [6.45, 7) is 2.92. The molecule has 1 aromatic carbocycles. The number of methoxy groups -OCH3 is 1. The fourth-order valence-corrected chi connectivity index (χ4v) is 5.05. The van der Waals surface area contributed by atoms with Gasteiger partial charge in [-0.3, -0.25) is 0 Å². The summed E-state index contributed by atoms with van der Waals surface area (Å²) in [6.07, 6.45) is 5.80. The molecule has 2 aliphatic rings. The predicted molar refractivity (Wildman–Crippen MR) is 142 cm³/mol. The lowest BCUT2D eigenvalue weighted by Gasteiger charge is -2.26. The minimum absolute atomic E-state index is 0.232. The average Bonchev–Trinajstić information content (AvgIpc) is 3.73. The smallest absolute Gasteiger partial charge is 0.200 e. The number of hydrogen-bond donors (Lipinski definition) is 0. The van der Waals surface area contributed by atoms with Gasteiger partial charge in [0.2, 0.25) is 0 Å². The minimum Gasteiger partial charge on any atom is -0.495 e. The second-order valence-corrected chi connectivity index (χ2v) is 9.47. The highest BCUT2D eigenvalue weighted by atomic mass is 16.6. The van der Waals surface area contributed by atoms with Gasteiger partial charge in [0.15, 0.2) is 29.3 Å². The molecule has 10 nitrogen and oxygen atoms in total.